The minimum atomic E-state index is -4.35. The molecule has 1 rings (SSSR count). The molecule has 0 atom stereocenters. The van der Waals surface area contributed by atoms with E-state index < -0.39 is 17.2 Å². The molecule has 0 aliphatic heterocycles. The lowest BCUT2D eigenvalue weighted by atomic mass is 9.87. The maximum Gasteiger partial charge on any atom is 0.416 e. The van der Waals surface area contributed by atoms with Gasteiger partial charge in [0, 0.05) is 4.47 Å². The summed E-state index contributed by atoms with van der Waals surface area (Å²) < 4.78 is 38.2. The van der Waals surface area contributed by atoms with E-state index in [4.69, 9.17) is 5.26 Å². The lowest BCUT2D eigenvalue weighted by molar-refractivity contribution is -0.137. The fourth-order valence-corrected chi connectivity index (χ4v) is 1.79. The average molecular weight is 306 g/mol. The third kappa shape index (κ3) is 3.74. The van der Waals surface area contributed by atoms with E-state index in [2.05, 4.69) is 22.0 Å². The molecule has 0 amide bonds. The fourth-order valence-electron chi connectivity index (χ4n) is 1.40. The predicted molar refractivity (Wildman–Crippen MR) is 62.2 cm³/mol. The molecule has 0 saturated carbocycles. The summed E-state index contributed by atoms with van der Waals surface area (Å²) in [6.07, 6.45) is -4.08. The van der Waals surface area contributed by atoms with Gasteiger partial charge in [-0.15, -0.1) is 0 Å². The topological polar surface area (TPSA) is 23.8 Å². The van der Waals surface area contributed by atoms with Crippen molar-refractivity contribution in [3.63, 3.8) is 0 Å². The van der Waals surface area contributed by atoms with Gasteiger partial charge in [0.25, 0.3) is 0 Å². The van der Waals surface area contributed by atoms with Crippen LogP contribution in [-0.4, -0.2) is 0 Å². The van der Waals surface area contributed by atoms with Crippen molar-refractivity contribution in [1.82, 2.24) is 0 Å². The number of hydrogen-bond donors (Lipinski definition) is 0. The molecule has 0 fully saturated rings. The summed E-state index contributed by atoms with van der Waals surface area (Å²) in [6.45, 7) is 3.39. The normalized spacial score (nSPS) is 12.3. The largest absolute Gasteiger partial charge is 0.416 e. The maximum absolute atomic E-state index is 12.5. The molecule has 0 aromatic heterocycles. The number of alkyl halides is 3. The van der Waals surface area contributed by atoms with Gasteiger partial charge in [-0.25, -0.2) is 0 Å². The van der Waals surface area contributed by atoms with Crippen molar-refractivity contribution >= 4 is 15.9 Å². The second-order valence-corrected chi connectivity index (χ2v) is 5.33. The van der Waals surface area contributed by atoms with Crippen molar-refractivity contribution < 1.29 is 13.2 Å². The summed E-state index contributed by atoms with van der Waals surface area (Å²) in [4.78, 5) is 0. The van der Waals surface area contributed by atoms with Gasteiger partial charge in [0.2, 0.25) is 0 Å². The molecular weight excluding hydrogens is 295 g/mol. The molecule has 5 heteroatoms. The Balaban J connectivity index is 3.13. The monoisotopic (exact) mass is 305 g/mol. The summed E-state index contributed by atoms with van der Waals surface area (Å²) in [5, 5.41) is 8.89. The fraction of sp³-hybridized carbons (Fsp3) is 0.417. The summed E-state index contributed by atoms with van der Waals surface area (Å²) >= 11 is 3.20. The van der Waals surface area contributed by atoms with Crippen LogP contribution in [0.1, 0.15) is 25.0 Å². The SMILES string of the molecule is CC(C)(C#N)Cc1cc(C(F)(F)F)ccc1Br. The molecule has 1 aromatic rings. The van der Waals surface area contributed by atoms with Crippen LogP contribution in [0.3, 0.4) is 0 Å². The first-order valence-electron chi connectivity index (χ1n) is 4.92. The van der Waals surface area contributed by atoms with Gasteiger partial charge < -0.3 is 0 Å². The van der Waals surface area contributed by atoms with Gasteiger partial charge in [0.15, 0.2) is 0 Å². The van der Waals surface area contributed by atoms with Crippen molar-refractivity contribution in [2.45, 2.75) is 26.4 Å². The van der Waals surface area contributed by atoms with Crippen LogP contribution in [0, 0.1) is 16.7 Å². The number of halogens is 4. The van der Waals surface area contributed by atoms with Crippen LogP contribution in [0.4, 0.5) is 13.2 Å². The van der Waals surface area contributed by atoms with E-state index in [9.17, 15) is 13.2 Å². The highest BCUT2D eigenvalue weighted by Crippen LogP contribution is 2.34. The van der Waals surface area contributed by atoms with Crippen LogP contribution < -0.4 is 0 Å². The minimum Gasteiger partial charge on any atom is -0.198 e. The Hall–Kier alpha value is -1.02. The van der Waals surface area contributed by atoms with Gasteiger partial charge in [-0.2, -0.15) is 18.4 Å². The van der Waals surface area contributed by atoms with E-state index >= 15 is 0 Å². The zero-order valence-corrected chi connectivity index (χ0v) is 11.0. The van der Waals surface area contributed by atoms with Gasteiger partial charge in [-0.05, 0) is 44.0 Å². The highest BCUT2D eigenvalue weighted by atomic mass is 79.9. The van der Waals surface area contributed by atoms with E-state index in [1.54, 1.807) is 13.8 Å². The third-order valence-corrected chi connectivity index (χ3v) is 3.08. The number of rotatable bonds is 2. The third-order valence-electron chi connectivity index (χ3n) is 2.31. The maximum atomic E-state index is 12.5. The molecule has 0 N–H and O–H groups in total. The van der Waals surface area contributed by atoms with E-state index in [-0.39, 0.29) is 6.42 Å². The van der Waals surface area contributed by atoms with Crippen LogP contribution >= 0.6 is 15.9 Å². The highest BCUT2D eigenvalue weighted by molar-refractivity contribution is 9.10. The zero-order chi connectivity index (χ0) is 13.3. The number of hydrogen-bond acceptors (Lipinski definition) is 1. The molecule has 1 aromatic carbocycles. The number of benzene rings is 1. The van der Waals surface area contributed by atoms with Gasteiger partial charge in [-0.3, -0.25) is 0 Å². The van der Waals surface area contributed by atoms with E-state index in [1.165, 1.54) is 6.07 Å². The Kier molecular flexibility index (Phi) is 3.88. The first-order valence-corrected chi connectivity index (χ1v) is 5.72. The molecule has 17 heavy (non-hydrogen) atoms. The quantitative estimate of drug-likeness (QED) is 0.785. The lowest BCUT2D eigenvalue weighted by Gasteiger charge is -2.17. The van der Waals surface area contributed by atoms with Gasteiger partial charge in [-0.1, -0.05) is 15.9 Å². The average Bonchev–Trinajstić information content (AvgIpc) is 2.19. The molecular formula is C12H11BrF3N. The lowest BCUT2D eigenvalue weighted by Crippen LogP contribution is -2.13. The molecule has 0 bridgehead atoms. The zero-order valence-electron chi connectivity index (χ0n) is 9.40. The van der Waals surface area contributed by atoms with Crippen molar-refractivity contribution in [3.05, 3.63) is 33.8 Å². The van der Waals surface area contributed by atoms with Crippen molar-refractivity contribution in [1.29, 1.82) is 5.26 Å². The Morgan fingerprint density at radius 3 is 2.35 bits per heavy atom. The van der Waals surface area contributed by atoms with Gasteiger partial charge in [0.05, 0.1) is 17.0 Å². The smallest absolute Gasteiger partial charge is 0.198 e. The van der Waals surface area contributed by atoms with Crippen molar-refractivity contribution in [2.75, 3.05) is 0 Å². The molecule has 0 heterocycles. The van der Waals surface area contributed by atoms with Crippen LogP contribution in [0.15, 0.2) is 22.7 Å². The van der Waals surface area contributed by atoms with E-state index in [0.29, 0.717) is 10.0 Å². The first kappa shape index (κ1) is 14.0. The first-order chi connectivity index (χ1) is 7.65. The standard InChI is InChI=1S/C12H11BrF3N/c1-11(2,7-17)6-8-5-9(12(14,15)16)3-4-10(8)13/h3-5H,6H2,1-2H3. The van der Waals surface area contributed by atoms with Crippen molar-refractivity contribution in [3.8, 4) is 6.07 Å². The Morgan fingerprint density at radius 1 is 1.29 bits per heavy atom. The molecule has 0 spiro atoms. The Bertz CT molecular complexity index is 458. The van der Waals surface area contributed by atoms with Crippen LogP contribution in [0.2, 0.25) is 0 Å². The molecule has 0 radical (unpaired) electrons. The molecule has 1 nitrogen and oxygen atoms in total. The summed E-state index contributed by atoms with van der Waals surface area (Å²) in [6, 6.07) is 5.55. The highest BCUT2D eigenvalue weighted by Gasteiger charge is 2.31. The molecule has 0 aliphatic rings. The Labute approximate surface area is 106 Å². The van der Waals surface area contributed by atoms with Crippen molar-refractivity contribution in [2.24, 2.45) is 5.41 Å². The van der Waals surface area contributed by atoms with Crippen LogP contribution in [0.5, 0.6) is 0 Å². The van der Waals surface area contributed by atoms with Gasteiger partial charge in [0.1, 0.15) is 0 Å². The molecule has 0 aliphatic carbocycles. The number of nitrogens with zero attached hydrogens (tertiary/aromatic N) is 1. The second kappa shape index (κ2) is 4.69. The predicted octanol–water partition coefficient (Wildman–Crippen LogP) is 4.56. The summed E-state index contributed by atoms with van der Waals surface area (Å²) in [5.74, 6) is 0. The van der Waals surface area contributed by atoms with Gasteiger partial charge >= 0.3 is 6.18 Å². The summed E-state index contributed by atoms with van der Waals surface area (Å²) in [5.41, 5.74) is -0.886. The number of nitriles is 1. The van der Waals surface area contributed by atoms with E-state index in [1.807, 2.05) is 0 Å². The van der Waals surface area contributed by atoms with Crippen LogP contribution in [0.25, 0.3) is 0 Å². The molecule has 0 saturated heterocycles. The molecule has 0 unspecified atom stereocenters. The van der Waals surface area contributed by atoms with E-state index in [0.717, 1.165) is 12.1 Å². The van der Waals surface area contributed by atoms with Crippen LogP contribution in [-0.2, 0) is 12.6 Å². The second-order valence-electron chi connectivity index (χ2n) is 4.48. The summed E-state index contributed by atoms with van der Waals surface area (Å²) in [7, 11) is 0. The minimum absolute atomic E-state index is 0.272. The Morgan fingerprint density at radius 2 is 1.88 bits per heavy atom. The molecule has 92 valence electrons.